The van der Waals surface area contributed by atoms with Crippen molar-refractivity contribution in [2.24, 2.45) is 0 Å². The van der Waals surface area contributed by atoms with E-state index >= 15 is 0 Å². The van der Waals surface area contributed by atoms with Gasteiger partial charge in [0.15, 0.2) is 0 Å². The van der Waals surface area contributed by atoms with Crippen LogP contribution in [0, 0.1) is 17.1 Å². The maximum absolute atomic E-state index is 13.4. The van der Waals surface area contributed by atoms with Gasteiger partial charge in [-0.3, -0.25) is 9.78 Å². The maximum atomic E-state index is 13.4. The van der Waals surface area contributed by atoms with E-state index in [4.69, 9.17) is 21.1 Å². The lowest BCUT2D eigenvalue weighted by molar-refractivity contribution is -0.111. The monoisotopic (exact) mass is 516 g/mol. The molecule has 0 radical (unpaired) electrons. The highest BCUT2D eigenvalue weighted by molar-refractivity contribution is 6.32. The molecule has 4 aromatic rings. The summed E-state index contributed by atoms with van der Waals surface area (Å²) in [7, 11) is 0. The Morgan fingerprint density at radius 1 is 1.19 bits per heavy atom. The highest BCUT2D eigenvalue weighted by Gasteiger charge is 2.16. The molecule has 7 nitrogen and oxygen atoms in total. The lowest BCUT2D eigenvalue weighted by atomic mass is 10.1. The van der Waals surface area contributed by atoms with Crippen molar-refractivity contribution in [3.05, 3.63) is 95.4 Å². The molecule has 0 spiro atoms. The number of rotatable bonds is 9. The quantitative estimate of drug-likeness (QED) is 0.239. The van der Waals surface area contributed by atoms with Crippen LogP contribution in [0.1, 0.15) is 18.1 Å². The molecule has 186 valence electrons. The first kappa shape index (κ1) is 25.5. The first-order valence-electron chi connectivity index (χ1n) is 11.3. The minimum absolute atomic E-state index is 0.152. The lowest BCUT2D eigenvalue weighted by Gasteiger charge is -2.16. The number of hydrogen-bond donors (Lipinski definition) is 2. The Hall–Kier alpha value is -4.61. The Balaban J connectivity index is 1.67. The second-order valence-corrected chi connectivity index (χ2v) is 8.25. The van der Waals surface area contributed by atoms with Gasteiger partial charge in [0.25, 0.3) is 0 Å². The molecule has 0 saturated carbocycles. The third-order valence-electron chi connectivity index (χ3n) is 5.32. The number of nitriles is 1. The molecule has 1 aromatic heterocycles. The Bertz CT molecular complexity index is 1530. The third-order valence-corrected chi connectivity index (χ3v) is 5.61. The predicted octanol–water partition coefficient (Wildman–Crippen LogP) is 6.74. The van der Waals surface area contributed by atoms with E-state index < -0.39 is 5.91 Å². The molecule has 0 aliphatic carbocycles. The zero-order valence-electron chi connectivity index (χ0n) is 19.8. The fourth-order valence-electron chi connectivity index (χ4n) is 3.62. The summed E-state index contributed by atoms with van der Waals surface area (Å²) in [5.74, 6) is 0.119. The summed E-state index contributed by atoms with van der Waals surface area (Å²) in [5.41, 5.74) is 3.01. The number of fused-ring (bicyclic) bond motifs is 1. The van der Waals surface area contributed by atoms with Crippen LogP contribution in [0.3, 0.4) is 0 Å². The van der Waals surface area contributed by atoms with E-state index in [1.54, 1.807) is 42.5 Å². The van der Waals surface area contributed by atoms with Gasteiger partial charge in [-0.25, -0.2) is 4.39 Å². The number of nitrogens with one attached hydrogen (secondary N) is 2. The van der Waals surface area contributed by atoms with Crippen LogP contribution in [0.15, 0.2) is 73.4 Å². The number of anilines is 3. The number of carbonyl (C=O) groups excluding carboxylic acids is 1. The summed E-state index contributed by atoms with van der Waals surface area (Å²) >= 11 is 6.45. The number of halogens is 2. The van der Waals surface area contributed by atoms with Crippen LogP contribution in [0.5, 0.6) is 11.5 Å². The van der Waals surface area contributed by atoms with Gasteiger partial charge in [-0.1, -0.05) is 30.3 Å². The van der Waals surface area contributed by atoms with Crippen molar-refractivity contribution < 1.29 is 18.7 Å². The number of benzene rings is 3. The number of nitrogens with zero attached hydrogens (tertiary/aromatic N) is 2. The van der Waals surface area contributed by atoms with E-state index in [2.05, 4.69) is 28.3 Å². The van der Waals surface area contributed by atoms with Crippen molar-refractivity contribution in [3.8, 4) is 17.6 Å². The van der Waals surface area contributed by atoms with Crippen LogP contribution in [-0.2, 0) is 11.4 Å². The molecule has 3 aromatic carbocycles. The topological polar surface area (TPSA) is 96.3 Å². The van der Waals surface area contributed by atoms with Crippen LogP contribution >= 0.6 is 11.6 Å². The number of amides is 1. The van der Waals surface area contributed by atoms with Crippen LogP contribution < -0.4 is 20.1 Å². The van der Waals surface area contributed by atoms with Crippen molar-refractivity contribution in [1.29, 1.82) is 5.26 Å². The molecule has 1 heterocycles. The highest BCUT2D eigenvalue weighted by atomic mass is 35.5. The standard InChI is InChI=1S/C28H22ClFN4O3/c1-3-27(35)34-24-12-21-23(13-26(24)36-4-2)32-15-18(14-31)28(21)33-20-8-9-25(22(29)11-20)37-16-17-6-5-7-19(30)10-17/h3,5-13,15H,1,4,16H2,2H3,(H,32,33)(H,34,35). The first-order chi connectivity index (χ1) is 17.9. The zero-order chi connectivity index (χ0) is 26.4. The van der Waals surface area contributed by atoms with E-state index in [-0.39, 0.29) is 12.4 Å². The summed E-state index contributed by atoms with van der Waals surface area (Å²) < 4.78 is 24.8. The number of hydrogen-bond acceptors (Lipinski definition) is 6. The third kappa shape index (κ3) is 5.97. The molecule has 0 aliphatic heterocycles. The van der Waals surface area contributed by atoms with E-state index in [1.807, 2.05) is 6.92 Å². The molecule has 0 aliphatic rings. The van der Waals surface area contributed by atoms with Crippen molar-refractivity contribution >= 4 is 45.5 Å². The van der Waals surface area contributed by atoms with E-state index in [0.29, 0.717) is 62.2 Å². The van der Waals surface area contributed by atoms with Gasteiger partial charge in [0.1, 0.15) is 30.0 Å². The Kier molecular flexibility index (Phi) is 7.86. The number of aromatic nitrogens is 1. The van der Waals surface area contributed by atoms with Gasteiger partial charge in [0.2, 0.25) is 5.91 Å². The second kappa shape index (κ2) is 11.4. The summed E-state index contributed by atoms with van der Waals surface area (Å²) in [6.07, 6.45) is 2.61. The molecule has 9 heteroatoms. The Morgan fingerprint density at radius 2 is 2.03 bits per heavy atom. The molecule has 0 saturated heterocycles. The minimum Gasteiger partial charge on any atom is -0.492 e. The molecule has 4 rings (SSSR count). The Labute approximate surface area is 218 Å². The fourth-order valence-corrected chi connectivity index (χ4v) is 3.86. The molecule has 2 N–H and O–H groups in total. The summed E-state index contributed by atoms with van der Waals surface area (Å²) in [6.45, 7) is 5.85. The minimum atomic E-state index is -0.403. The van der Waals surface area contributed by atoms with E-state index in [1.165, 1.54) is 18.3 Å². The van der Waals surface area contributed by atoms with E-state index in [9.17, 15) is 14.4 Å². The van der Waals surface area contributed by atoms with Crippen molar-refractivity contribution in [3.63, 3.8) is 0 Å². The van der Waals surface area contributed by atoms with Gasteiger partial charge in [0, 0.05) is 23.3 Å². The van der Waals surface area contributed by atoms with Crippen LogP contribution in [0.2, 0.25) is 5.02 Å². The van der Waals surface area contributed by atoms with Crippen molar-refractivity contribution in [2.75, 3.05) is 17.2 Å². The number of carbonyl (C=O) groups is 1. The molecule has 1 amide bonds. The predicted molar refractivity (Wildman–Crippen MR) is 142 cm³/mol. The van der Waals surface area contributed by atoms with Crippen LogP contribution in [0.4, 0.5) is 21.5 Å². The number of ether oxygens (including phenoxy) is 2. The summed E-state index contributed by atoms with van der Waals surface area (Å²) in [5, 5.41) is 16.6. The van der Waals surface area contributed by atoms with Crippen molar-refractivity contribution in [1.82, 2.24) is 4.98 Å². The van der Waals surface area contributed by atoms with Gasteiger partial charge in [-0.15, -0.1) is 0 Å². The average molecular weight is 517 g/mol. The van der Waals surface area contributed by atoms with Gasteiger partial charge in [-0.05, 0) is 55.0 Å². The lowest BCUT2D eigenvalue weighted by Crippen LogP contribution is -2.09. The first-order valence-corrected chi connectivity index (χ1v) is 11.7. The maximum Gasteiger partial charge on any atom is 0.247 e. The molecule has 0 fully saturated rings. The smallest absolute Gasteiger partial charge is 0.247 e. The molecular weight excluding hydrogens is 495 g/mol. The van der Waals surface area contributed by atoms with Gasteiger partial charge >= 0.3 is 0 Å². The average Bonchev–Trinajstić information content (AvgIpc) is 2.89. The largest absolute Gasteiger partial charge is 0.492 e. The van der Waals surface area contributed by atoms with E-state index in [0.717, 1.165) is 6.08 Å². The van der Waals surface area contributed by atoms with Gasteiger partial charge in [0.05, 0.1) is 34.1 Å². The highest BCUT2D eigenvalue weighted by Crippen LogP contribution is 2.37. The molecular formula is C28H22ClFN4O3. The molecule has 0 bridgehead atoms. The summed E-state index contributed by atoms with van der Waals surface area (Å²) in [4.78, 5) is 16.4. The molecule has 0 atom stereocenters. The fraction of sp³-hybridized carbons (Fsp3) is 0.107. The molecule has 0 unspecified atom stereocenters. The zero-order valence-corrected chi connectivity index (χ0v) is 20.6. The normalized spacial score (nSPS) is 10.4. The Morgan fingerprint density at radius 3 is 2.73 bits per heavy atom. The van der Waals surface area contributed by atoms with Crippen LogP contribution in [0.25, 0.3) is 10.9 Å². The van der Waals surface area contributed by atoms with Crippen molar-refractivity contribution in [2.45, 2.75) is 13.5 Å². The second-order valence-electron chi connectivity index (χ2n) is 7.84. The summed E-state index contributed by atoms with van der Waals surface area (Å²) in [6, 6.07) is 16.7. The van der Waals surface area contributed by atoms with Gasteiger partial charge in [-0.2, -0.15) is 5.26 Å². The molecule has 37 heavy (non-hydrogen) atoms. The number of pyridine rings is 1. The van der Waals surface area contributed by atoms with Crippen LogP contribution in [-0.4, -0.2) is 17.5 Å². The van der Waals surface area contributed by atoms with Gasteiger partial charge < -0.3 is 20.1 Å². The SMILES string of the molecule is C=CC(=O)Nc1cc2c(Nc3ccc(OCc4cccc(F)c4)c(Cl)c3)c(C#N)cnc2cc1OCC.